The van der Waals surface area contributed by atoms with E-state index in [0.29, 0.717) is 10.8 Å². The molecule has 0 aromatic heterocycles. The molecular weight excluding hydrogens is 586 g/mol. The molecule has 2 aliphatic carbocycles. The molecule has 0 saturated carbocycles. The smallest absolute Gasteiger partial charge is 1.00 e. The Morgan fingerprint density at radius 1 is 0.731 bits per heavy atom. The van der Waals surface area contributed by atoms with Gasteiger partial charge in [0.15, 0.2) is 0 Å². The molecule has 146 valence electrons. The largest absolute Gasteiger partial charge is 1.00 e. The van der Waals surface area contributed by atoms with Gasteiger partial charge < -0.3 is 24.8 Å². The fourth-order valence-electron chi connectivity index (χ4n) is 3.78. The quantitative estimate of drug-likeness (QED) is 0.406. The van der Waals surface area contributed by atoms with Gasteiger partial charge in [-0.3, -0.25) is 0 Å². The van der Waals surface area contributed by atoms with E-state index < -0.39 is 28.4 Å². The summed E-state index contributed by atoms with van der Waals surface area (Å²) >= 11 is -1.83. The molecule has 26 heavy (non-hydrogen) atoms. The first kappa shape index (κ1) is 27.0. The summed E-state index contributed by atoms with van der Waals surface area (Å²) in [5.41, 5.74) is 7.32. The predicted octanol–water partition coefficient (Wildman–Crippen LogP) is 1.16. The summed E-state index contributed by atoms with van der Waals surface area (Å²) in [5.74, 6) is 5.32. The maximum Gasteiger partial charge on any atom is -1.00 e. The zero-order valence-electron chi connectivity index (χ0n) is 18.3. The maximum atomic E-state index is 2.66. The third-order valence-electron chi connectivity index (χ3n) is 5.50. The van der Waals surface area contributed by atoms with E-state index in [1.807, 2.05) is 6.66 Å². The van der Waals surface area contributed by atoms with Gasteiger partial charge >= 0.3 is 160 Å². The van der Waals surface area contributed by atoms with Crippen LogP contribution in [-0.2, 0) is 18.3 Å². The Morgan fingerprint density at radius 2 is 1.04 bits per heavy atom. The van der Waals surface area contributed by atoms with Gasteiger partial charge in [-0.05, 0) is 0 Å². The minimum absolute atomic E-state index is 0. The number of allylic oxidation sites excluding steroid dienone is 8. The molecule has 0 aromatic carbocycles. The Labute approximate surface area is 183 Å². The van der Waals surface area contributed by atoms with Crippen LogP contribution in [0.2, 0.25) is 11.5 Å². The molecule has 2 aliphatic rings. The molecule has 0 aliphatic heterocycles. The van der Waals surface area contributed by atoms with Crippen molar-refractivity contribution < 1.29 is 43.2 Å². The Bertz CT molecular complexity index is 660. The molecule has 0 N–H and O–H groups in total. The summed E-state index contributed by atoms with van der Waals surface area (Å²) in [6.07, 6.45) is 7.70. The van der Waals surface area contributed by atoms with Crippen molar-refractivity contribution in [3.05, 3.63) is 41.1 Å². The van der Waals surface area contributed by atoms with Crippen LogP contribution in [0.25, 0.3) is 0 Å². The van der Waals surface area contributed by atoms with Crippen molar-refractivity contribution in [3.63, 3.8) is 0 Å². The standard InChI is InChI=1S/2C10H15.C2H6Ge.2ClH.Hf/c2*1-8-5-6-9(7-8)10(2,3)4;1-3-2;;;/h2*7H,6H2,1-4H3;1-2H3;2*1H;/q;;;;;+2/p-2. The van der Waals surface area contributed by atoms with Crippen LogP contribution < -0.4 is 24.8 Å². The number of halogens is 2. The van der Waals surface area contributed by atoms with E-state index in [4.69, 9.17) is 0 Å². The van der Waals surface area contributed by atoms with Crippen LogP contribution in [0.5, 0.6) is 0 Å². The molecule has 4 heteroatoms. The summed E-state index contributed by atoms with van der Waals surface area (Å²) in [4.78, 5) is 0. The van der Waals surface area contributed by atoms with Crippen LogP contribution >= 0.6 is 0 Å². The van der Waals surface area contributed by atoms with Crippen molar-refractivity contribution in [2.24, 2.45) is 10.8 Å². The van der Waals surface area contributed by atoms with E-state index in [0.717, 1.165) is 0 Å². The average molecular weight is 623 g/mol. The summed E-state index contributed by atoms with van der Waals surface area (Å²) in [5, 5.41) is 0. The molecule has 0 aromatic rings. The molecule has 0 unspecified atom stereocenters. The minimum Gasteiger partial charge on any atom is -1.00 e. The van der Waals surface area contributed by atoms with Crippen molar-refractivity contribution in [2.45, 2.75) is 79.7 Å². The third kappa shape index (κ3) is 5.97. The van der Waals surface area contributed by atoms with Gasteiger partial charge in [0, 0.05) is 0 Å². The Kier molecular flexibility index (Phi) is 9.99. The molecule has 0 fully saturated rings. The monoisotopic (exact) mass is 624 g/mol. The number of hydrogen-bond acceptors (Lipinski definition) is 0. The van der Waals surface area contributed by atoms with Gasteiger partial charge in [-0.15, -0.1) is 0 Å². The third-order valence-corrected chi connectivity index (χ3v) is 45.1. The van der Waals surface area contributed by atoms with Gasteiger partial charge in [0.1, 0.15) is 0 Å². The molecule has 0 saturated heterocycles. The zero-order valence-corrected chi connectivity index (χ0v) is 25.5. The van der Waals surface area contributed by atoms with Gasteiger partial charge in [-0.1, -0.05) is 0 Å². The van der Waals surface area contributed by atoms with Crippen molar-refractivity contribution in [3.8, 4) is 0 Å². The Hall–Kier alpha value is 0.953. The van der Waals surface area contributed by atoms with Crippen molar-refractivity contribution in [1.82, 2.24) is 0 Å². The van der Waals surface area contributed by atoms with E-state index in [2.05, 4.69) is 79.1 Å². The van der Waals surface area contributed by atoms with Crippen LogP contribution in [0.1, 0.15) is 68.2 Å². The second-order valence-corrected chi connectivity index (χ2v) is 48.4. The molecule has 0 radical (unpaired) electrons. The summed E-state index contributed by atoms with van der Waals surface area (Å²) in [7, 11) is -0.894. The number of rotatable bonds is 2. The fraction of sp³-hybridized carbons (Fsp3) is 0.636. The van der Waals surface area contributed by atoms with Crippen LogP contribution in [0.15, 0.2) is 41.1 Å². The van der Waals surface area contributed by atoms with Crippen molar-refractivity contribution in [1.29, 1.82) is 0 Å². The molecule has 0 heterocycles. The second-order valence-electron chi connectivity index (χ2n) is 9.89. The van der Waals surface area contributed by atoms with E-state index >= 15 is 0 Å². The van der Waals surface area contributed by atoms with Gasteiger partial charge in [0.05, 0.1) is 0 Å². The van der Waals surface area contributed by atoms with Gasteiger partial charge in [-0.25, -0.2) is 0 Å². The van der Waals surface area contributed by atoms with Gasteiger partial charge in [0.25, 0.3) is 0 Å². The van der Waals surface area contributed by atoms with Crippen LogP contribution in [-0.4, -0.2) is 10.1 Å². The van der Waals surface area contributed by atoms with E-state index in [9.17, 15) is 0 Å². The fourth-order valence-corrected chi connectivity index (χ4v) is 46.0. The first-order valence-electron chi connectivity index (χ1n) is 9.32. The molecule has 0 spiro atoms. The SMILES string of the molecule is CC1=[C]([Hf+2]([C]2=C(C)C=C(C(C)(C)C)C2)=[Ge]([CH3])[CH3])CC(C(C)(C)C)=C1.[Cl-].[Cl-]. The predicted molar refractivity (Wildman–Crippen MR) is 107 cm³/mol. The van der Waals surface area contributed by atoms with Crippen LogP contribution in [0.3, 0.4) is 0 Å². The molecule has 2 rings (SSSR count). The number of hydrogen-bond donors (Lipinski definition) is 0. The topological polar surface area (TPSA) is 0 Å². The van der Waals surface area contributed by atoms with Crippen molar-refractivity contribution >= 4 is 10.1 Å². The molecule has 0 bridgehead atoms. The van der Waals surface area contributed by atoms with Gasteiger partial charge in [-0.2, -0.15) is 0 Å². The summed E-state index contributed by atoms with van der Waals surface area (Å²) in [6, 6.07) is 0. The maximum absolute atomic E-state index is 2.66. The van der Waals surface area contributed by atoms with Crippen LogP contribution in [0.4, 0.5) is 0 Å². The van der Waals surface area contributed by atoms with Crippen molar-refractivity contribution in [2.75, 3.05) is 0 Å². The Morgan fingerprint density at radius 3 is 1.23 bits per heavy atom. The summed E-state index contributed by atoms with van der Waals surface area (Å²) in [6.45, 7) is 19.1. The second kappa shape index (κ2) is 9.64. The molecule has 0 atom stereocenters. The molecule has 0 amide bonds. The van der Waals surface area contributed by atoms with E-state index in [1.54, 1.807) is 22.3 Å². The van der Waals surface area contributed by atoms with Crippen LogP contribution in [0, 0.1) is 10.8 Å². The average Bonchev–Trinajstić information content (AvgIpc) is 2.94. The first-order valence-corrected chi connectivity index (χ1v) is 27.5. The zero-order chi connectivity index (χ0) is 18.4. The molecular formula is C22H36Cl2GeHf. The Balaban J connectivity index is 0.00000312. The van der Waals surface area contributed by atoms with Gasteiger partial charge in [0.2, 0.25) is 0 Å². The first-order chi connectivity index (χ1) is 10.8. The minimum atomic E-state index is -1.83. The van der Waals surface area contributed by atoms with E-state index in [1.165, 1.54) is 12.8 Å². The molecule has 0 nitrogen and oxygen atoms in total. The summed E-state index contributed by atoms with van der Waals surface area (Å²) < 4.78 is 3.92. The normalized spacial score (nSPS) is 17.3. The van der Waals surface area contributed by atoms with E-state index in [-0.39, 0.29) is 24.8 Å².